The number of pyridine rings is 1. The molecule has 0 aliphatic carbocycles. The van der Waals surface area contributed by atoms with E-state index in [0.29, 0.717) is 65.9 Å². The molecule has 1 aliphatic rings. The van der Waals surface area contributed by atoms with Gasteiger partial charge in [0.15, 0.2) is 0 Å². The van der Waals surface area contributed by atoms with Crippen molar-refractivity contribution in [1.29, 1.82) is 0 Å². The molecule has 0 bridgehead atoms. The Morgan fingerprint density at radius 2 is 1.68 bits per heavy atom. The number of nitrogens with two attached hydrogens (primary N) is 2. The van der Waals surface area contributed by atoms with Gasteiger partial charge in [0, 0.05) is 49.2 Å². The van der Waals surface area contributed by atoms with Crippen molar-refractivity contribution in [2.24, 2.45) is 16.9 Å². The molecule has 1 saturated heterocycles. The molecule has 1 aromatic heterocycles. The first-order valence-corrected chi connectivity index (χ1v) is 16.8. The largest absolute Gasteiger partial charge is 0.493 e. The Kier molecular flexibility index (Phi) is 12.0. The number of amides is 1. The van der Waals surface area contributed by atoms with Crippen LogP contribution in [0.4, 0.5) is 0 Å². The summed E-state index contributed by atoms with van der Waals surface area (Å²) in [7, 11) is 0. The quantitative estimate of drug-likeness (QED) is 0.113. The van der Waals surface area contributed by atoms with Gasteiger partial charge in [-0.15, -0.1) is 0 Å². The van der Waals surface area contributed by atoms with Gasteiger partial charge in [-0.1, -0.05) is 41.9 Å². The number of rotatable bonds is 16. The Labute approximate surface area is 296 Å². The van der Waals surface area contributed by atoms with Crippen molar-refractivity contribution in [3.05, 3.63) is 105 Å². The Hall–Kier alpha value is -4.68. The molecule has 6 N–H and O–H groups in total. The number of halogens is 1. The molecule has 4 aromatic rings. The molecule has 0 radical (unpaired) electrons. The first-order chi connectivity index (χ1) is 24.0. The molecule has 1 fully saturated rings. The van der Waals surface area contributed by atoms with Crippen molar-refractivity contribution < 1.29 is 34.0 Å². The second-order valence-corrected chi connectivity index (χ2v) is 13.0. The van der Waals surface area contributed by atoms with E-state index in [0.717, 1.165) is 40.0 Å². The molecule has 3 aromatic carbocycles. The summed E-state index contributed by atoms with van der Waals surface area (Å²) in [6, 6.07) is 17.2. The van der Waals surface area contributed by atoms with Gasteiger partial charge in [-0.2, -0.15) is 0 Å². The van der Waals surface area contributed by atoms with Gasteiger partial charge < -0.3 is 40.8 Å². The Balaban J connectivity index is 1.23. The fourth-order valence-corrected chi connectivity index (χ4v) is 6.42. The van der Waals surface area contributed by atoms with Crippen LogP contribution in [0.3, 0.4) is 0 Å². The number of aliphatic hydroxyl groups excluding tert-OH is 1. The fraction of sp³-hybridized carbons (Fsp3) is 0.342. The highest BCUT2D eigenvalue weighted by Gasteiger charge is 2.44. The molecule has 1 atom stereocenters. The summed E-state index contributed by atoms with van der Waals surface area (Å²) in [5.41, 5.74) is 17.1. The third-order valence-electron chi connectivity index (χ3n) is 9.28. The molecule has 1 amide bonds. The van der Waals surface area contributed by atoms with Gasteiger partial charge in [0.1, 0.15) is 35.9 Å². The molecule has 12 heteroatoms. The second kappa shape index (κ2) is 16.4. The number of carboxylic acids is 1. The van der Waals surface area contributed by atoms with E-state index in [1.807, 2.05) is 31.2 Å². The van der Waals surface area contributed by atoms with Crippen molar-refractivity contribution in [3.8, 4) is 28.4 Å². The van der Waals surface area contributed by atoms with Crippen molar-refractivity contribution in [3.63, 3.8) is 0 Å². The molecule has 1 aliphatic heterocycles. The number of likely N-dealkylation sites (tertiary alicyclic amines) is 1. The Morgan fingerprint density at radius 3 is 2.38 bits per heavy atom. The summed E-state index contributed by atoms with van der Waals surface area (Å²) in [5.74, 6) is 0.228. The molecular weight excluding hydrogens is 660 g/mol. The van der Waals surface area contributed by atoms with Crippen LogP contribution in [0.1, 0.15) is 51.0 Å². The topological polar surface area (TPSA) is 170 Å². The van der Waals surface area contributed by atoms with Crippen molar-refractivity contribution >= 4 is 23.5 Å². The first-order valence-electron chi connectivity index (χ1n) is 16.4. The third-order valence-corrected chi connectivity index (χ3v) is 9.57. The van der Waals surface area contributed by atoms with Crippen molar-refractivity contribution in [2.45, 2.75) is 46.4 Å². The van der Waals surface area contributed by atoms with Gasteiger partial charge in [0.2, 0.25) is 5.91 Å². The molecule has 5 rings (SSSR count). The lowest BCUT2D eigenvalue weighted by Crippen LogP contribution is -2.38. The van der Waals surface area contributed by atoms with E-state index >= 15 is 0 Å². The minimum atomic E-state index is -1.07. The highest BCUT2D eigenvalue weighted by atomic mass is 35.5. The van der Waals surface area contributed by atoms with Crippen LogP contribution in [0.5, 0.6) is 17.2 Å². The lowest BCUT2D eigenvalue weighted by Gasteiger charge is -2.22. The van der Waals surface area contributed by atoms with Crippen LogP contribution in [-0.2, 0) is 24.6 Å². The van der Waals surface area contributed by atoms with Crippen LogP contribution in [0, 0.1) is 19.3 Å². The van der Waals surface area contributed by atoms with Crippen LogP contribution in [0.15, 0.2) is 67.0 Å². The van der Waals surface area contributed by atoms with Gasteiger partial charge in [-0.05, 0) is 79.3 Å². The number of hydrogen-bond acceptors (Lipinski definition) is 9. The number of ether oxygens (including phenoxy) is 3. The predicted octanol–water partition coefficient (Wildman–Crippen LogP) is 5.27. The van der Waals surface area contributed by atoms with Gasteiger partial charge >= 0.3 is 5.97 Å². The molecule has 0 saturated carbocycles. The smallest absolute Gasteiger partial charge is 0.313 e. The monoisotopic (exact) mass is 702 g/mol. The number of carbonyl (C=O) groups is 2. The maximum Gasteiger partial charge on any atom is 0.313 e. The van der Waals surface area contributed by atoms with Crippen LogP contribution < -0.4 is 25.7 Å². The number of hydrogen-bond donors (Lipinski definition) is 4. The maximum atomic E-state index is 11.6. The SMILES string of the molecule is Cc1c(COc2cc(OCc3cncc(C(N)=O)c3)c(CN)cc2Cl)cccc1-c1cccc(OCCCN2CCC(CO)(C(=O)O)C2)c1C. The number of carboxylic acid groups (broad SMARTS) is 1. The summed E-state index contributed by atoms with van der Waals surface area (Å²) in [4.78, 5) is 29.3. The standard InChI is InChI=1S/C38H43ClN4O7/c1-24-27(21-50-35-16-34(28(17-40)15-32(35)39)49-20-26-14-29(36(41)45)19-42-18-26)6-3-7-30(24)31-8-4-9-33(25(31)2)48-13-5-11-43-12-10-38(22-43,23-44)37(46)47/h3-4,6-9,14-16,18-19,44H,5,10-13,17,20-23,40H2,1-2H3,(H2,41,45)(H,46,47). The van der Waals surface area contributed by atoms with Gasteiger partial charge in [0.05, 0.1) is 23.8 Å². The minimum Gasteiger partial charge on any atom is -0.493 e. The van der Waals surface area contributed by atoms with E-state index in [4.69, 9.17) is 37.3 Å². The van der Waals surface area contributed by atoms with Crippen molar-refractivity contribution in [1.82, 2.24) is 9.88 Å². The molecule has 2 heterocycles. The highest BCUT2D eigenvalue weighted by molar-refractivity contribution is 6.32. The number of carbonyl (C=O) groups excluding carboxylic acids is 1. The molecule has 264 valence electrons. The number of aromatic nitrogens is 1. The molecule has 11 nitrogen and oxygen atoms in total. The zero-order chi connectivity index (χ0) is 35.8. The number of nitrogens with zero attached hydrogens (tertiary/aromatic N) is 2. The highest BCUT2D eigenvalue weighted by Crippen LogP contribution is 2.36. The summed E-state index contributed by atoms with van der Waals surface area (Å²) in [6.07, 6.45) is 4.19. The van der Waals surface area contributed by atoms with Gasteiger partial charge in [-0.25, -0.2) is 0 Å². The summed E-state index contributed by atoms with van der Waals surface area (Å²) < 4.78 is 18.5. The number of benzene rings is 3. The maximum absolute atomic E-state index is 11.6. The molecule has 0 spiro atoms. The van der Waals surface area contributed by atoms with Crippen LogP contribution in [0.2, 0.25) is 5.02 Å². The number of primary amides is 1. The van der Waals surface area contributed by atoms with E-state index in [-0.39, 0.29) is 26.4 Å². The lowest BCUT2D eigenvalue weighted by molar-refractivity contribution is -0.150. The Bertz CT molecular complexity index is 1850. The fourth-order valence-electron chi connectivity index (χ4n) is 6.18. The molecular formula is C38H43ClN4O7. The Morgan fingerprint density at radius 1 is 0.940 bits per heavy atom. The summed E-state index contributed by atoms with van der Waals surface area (Å²) in [5, 5.41) is 19.6. The second-order valence-electron chi connectivity index (χ2n) is 12.6. The van der Waals surface area contributed by atoms with E-state index < -0.39 is 17.3 Å². The van der Waals surface area contributed by atoms with Crippen LogP contribution in [0.25, 0.3) is 11.1 Å². The van der Waals surface area contributed by atoms with E-state index in [1.165, 1.54) is 6.20 Å². The van der Waals surface area contributed by atoms with E-state index in [9.17, 15) is 19.8 Å². The minimum absolute atomic E-state index is 0.141. The van der Waals surface area contributed by atoms with Crippen LogP contribution >= 0.6 is 11.6 Å². The average Bonchev–Trinajstić information content (AvgIpc) is 3.55. The molecule has 50 heavy (non-hydrogen) atoms. The van der Waals surface area contributed by atoms with Gasteiger partial charge in [-0.3, -0.25) is 14.6 Å². The zero-order valence-electron chi connectivity index (χ0n) is 28.3. The molecule has 1 unspecified atom stereocenters. The van der Waals surface area contributed by atoms with E-state index in [1.54, 1.807) is 24.4 Å². The predicted molar refractivity (Wildman–Crippen MR) is 190 cm³/mol. The van der Waals surface area contributed by atoms with Gasteiger partial charge in [0.25, 0.3) is 0 Å². The first kappa shape index (κ1) is 36.6. The average molecular weight is 703 g/mol. The summed E-state index contributed by atoms with van der Waals surface area (Å²) in [6.45, 7) is 6.53. The zero-order valence-corrected chi connectivity index (χ0v) is 29.0. The number of aliphatic carboxylic acids is 1. The number of aliphatic hydroxyl groups is 1. The lowest BCUT2D eigenvalue weighted by atomic mass is 9.88. The van der Waals surface area contributed by atoms with E-state index in [2.05, 4.69) is 28.9 Å². The van der Waals surface area contributed by atoms with Crippen molar-refractivity contribution in [2.75, 3.05) is 32.8 Å². The summed E-state index contributed by atoms with van der Waals surface area (Å²) >= 11 is 6.60. The van der Waals surface area contributed by atoms with Crippen LogP contribution in [-0.4, -0.2) is 64.8 Å². The normalized spacial score (nSPS) is 15.9. The third kappa shape index (κ3) is 8.36.